The van der Waals surface area contributed by atoms with Crippen LogP contribution < -0.4 is 4.90 Å². The van der Waals surface area contributed by atoms with Gasteiger partial charge in [-0.25, -0.2) is 4.98 Å². The first-order chi connectivity index (χ1) is 13.2. The van der Waals surface area contributed by atoms with Crippen molar-refractivity contribution in [3.63, 3.8) is 0 Å². The van der Waals surface area contributed by atoms with Crippen molar-refractivity contribution in [1.29, 1.82) is 0 Å². The average molecular weight is 374 g/mol. The summed E-state index contributed by atoms with van der Waals surface area (Å²) in [6, 6.07) is 23.6. The lowest BCUT2D eigenvalue weighted by Gasteiger charge is -2.22. The van der Waals surface area contributed by atoms with Crippen molar-refractivity contribution in [2.45, 2.75) is 6.54 Å². The zero-order valence-electron chi connectivity index (χ0n) is 15.7. The molecule has 4 heteroatoms. The summed E-state index contributed by atoms with van der Waals surface area (Å²) >= 11 is 1.86. The van der Waals surface area contributed by atoms with Gasteiger partial charge in [0.2, 0.25) is 0 Å². The summed E-state index contributed by atoms with van der Waals surface area (Å²) in [7, 11) is 4.02. The van der Waals surface area contributed by atoms with Gasteiger partial charge in [0.1, 0.15) is 5.82 Å². The molecule has 0 saturated carbocycles. The smallest absolute Gasteiger partial charge is 0.127 e. The third-order valence-electron chi connectivity index (χ3n) is 4.68. The topological polar surface area (TPSA) is 19.4 Å². The second-order valence-corrected chi connectivity index (χ2v) is 7.69. The predicted molar refractivity (Wildman–Crippen MR) is 116 cm³/mol. The van der Waals surface area contributed by atoms with Gasteiger partial charge in [0.25, 0.3) is 0 Å². The van der Waals surface area contributed by atoms with Crippen molar-refractivity contribution in [2.24, 2.45) is 0 Å². The summed E-state index contributed by atoms with van der Waals surface area (Å²) < 4.78 is 0. The van der Waals surface area contributed by atoms with Gasteiger partial charge in [0, 0.05) is 32.4 Å². The molecule has 27 heavy (non-hydrogen) atoms. The second kappa shape index (κ2) is 7.89. The van der Waals surface area contributed by atoms with Crippen LogP contribution in [0.4, 0.5) is 5.82 Å². The number of aromatic nitrogens is 1. The summed E-state index contributed by atoms with van der Waals surface area (Å²) in [6.45, 7) is 0.934. The summed E-state index contributed by atoms with van der Waals surface area (Å²) in [6.07, 6.45) is 1.95. The van der Waals surface area contributed by atoms with Gasteiger partial charge in [-0.3, -0.25) is 0 Å². The molecule has 2 aromatic carbocycles. The Morgan fingerprint density at radius 1 is 0.926 bits per heavy atom. The van der Waals surface area contributed by atoms with Crippen LogP contribution in [0.15, 0.2) is 78.3 Å². The van der Waals surface area contributed by atoms with Crippen LogP contribution in [0.1, 0.15) is 11.1 Å². The van der Waals surface area contributed by atoms with Crippen LogP contribution in [-0.4, -0.2) is 29.9 Å². The molecule has 0 radical (unpaired) electrons. The molecule has 2 heterocycles. The van der Waals surface area contributed by atoms with E-state index < -0.39 is 0 Å². The van der Waals surface area contributed by atoms with Gasteiger partial charge < -0.3 is 9.80 Å². The number of hydrogen-bond donors (Lipinski definition) is 0. The fourth-order valence-electron chi connectivity index (χ4n) is 3.21. The minimum atomic E-state index is 0.934. The molecule has 136 valence electrons. The quantitative estimate of drug-likeness (QED) is 0.603. The maximum absolute atomic E-state index is 4.55. The Balaban J connectivity index is 1.58. The number of rotatable bonds is 5. The van der Waals surface area contributed by atoms with Crippen LogP contribution in [0.3, 0.4) is 0 Å². The van der Waals surface area contributed by atoms with Gasteiger partial charge in [0.05, 0.1) is 11.6 Å². The van der Waals surface area contributed by atoms with E-state index in [1.807, 2.05) is 37.0 Å². The molecule has 0 N–H and O–H groups in total. The van der Waals surface area contributed by atoms with E-state index in [1.165, 1.54) is 22.4 Å². The van der Waals surface area contributed by atoms with Crippen molar-refractivity contribution in [3.8, 4) is 11.1 Å². The Hall–Kier alpha value is -2.72. The van der Waals surface area contributed by atoms with Crippen LogP contribution in [0.2, 0.25) is 0 Å². The molecule has 0 aliphatic carbocycles. The highest BCUT2D eigenvalue weighted by Crippen LogP contribution is 2.34. The van der Waals surface area contributed by atoms with E-state index in [1.54, 1.807) is 0 Å². The van der Waals surface area contributed by atoms with Crippen molar-refractivity contribution in [2.75, 3.05) is 24.9 Å². The van der Waals surface area contributed by atoms with Crippen molar-refractivity contribution in [3.05, 3.63) is 89.5 Å². The molecule has 0 spiro atoms. The van der Waals surface area contributed by atoms with Gasteiger partial charge in [-0.1, -0.05) is 48.5 Å². The van der Waals surface area contributed by atoms with Crippen molar-refractivity contribution >= 4 is 23.3 Å². The molecular formula is C23H23N3S. The Morgan fingerprint density at radius 3 is 2.48 bits per heavy atom. The molecule has 3 nitrogen and oxygen atoms in total. The zero-order chi connectivity index (χ0) is 18.6. The Bertz CT molecular complexity index is 933. The molecule has 0 bridgehead atoms. The SMILES string of the molecule is CN(C)c1ccc(-c2cccc(C3=CSCN3Cc3ccccc3)c2)cn1. The Labute approximate surface area is 165 Å². The van der Waals surface area contributed by atoms with E-state index in [2.05, 4.69) is 82.0 Å². The van der Waals surface area contributed by atoms with Gasteiger partial charge in [-0.05, 0) is 40.3 Å². The zero-order valence-corrected chi connectivity index (χ0v) is 16.5. The number of benzene rings is 2. The molecule has 1 aromatic heterocycles. The molecule has 1 aliphatic rings. The van der Waals surface area contributed by atoms with Crippen LogP contribution in [-0.2, 0) is 6.54 Å². The van der Waals surface area contributed by atoms with Gasteiger partial charge in [0.15, 0.2) is 0 Å². The molecule has 0 fully saturated rings. The van der Waals surface area contributed by atoms with Gasteiger partial charge >= 0.3 is 0 Å². The largest absolute Gasteiger partial charge is 0.363 e. The summed E-state index contributed by atoms with van der Waals surface area (Å²) in [5.74, 6) is 1.96. The first kappa shape index (κ1) is 17.7. The number of hydrogen-bond acceptors (Lipinski definition) is 4. The van der Waals surface area contributed by atoms with Gasteiger partial charge in [-0.2, -0.15) is 0 Å². The monoisotopic (exact) mass is 373 g/mol. The normalized spacial score (nSPS) is 13.6. The first-order valence-corrected chi connectivity index (χ1v) is 10.1. The standard InChI is InChI=1S/C23H23N3S/c1-25(2)23-12-11-21(14-24-23)19-9-6-10-20(13-19)22-16-27-17-26(22)15-18-7-4-3-5-8-18/h3-14,16H,15,17H2,1-2H3. The van der Waals surface area contributed by atoms with E-state index in [-0.39, 0.29) is 0 Å². The number of nitrogens with zero attached hydrogens (tertiary/aromatic N) is 3. The van der Waals surface area contributed by atoms with Crippen LogP contribution in [0.5, 0.6) is 0 Å². The predicted octanol–water partition coefficient (Wildman–Crippen LogP) is 5.32. The average Bonchev–Trinajstić information content (AvgIpc) is 3.17. The lowest BCUT2D eigenvalue weighted by atomic mass is 10.0. The Kier molecular flexibility index (Phi) is 5.16. The van der Waals surface area contributed by atoms with E-state index in [9.17, 15) is 0 Å². The number of pyridine rings is 1. The highest BCUT2D eigenvalue weighted by atomic mass is 32.2. The number of anilines is 1. The molecule has 4 rings (SSSR count). The van der Waals surface area contributed by atoms with Crippen molar-refractivity contribution in [1.82, 2.24) is 9.88 Å². The lowest BCUT2D eigenvalue weighted by Crippen LogP contribution is -2.17. The second-order valence-electron chi connectivity index (χ2n) is 6.86. The maximum Gasteiger partial charge on any atom is 0.127 e. The minimum absolute atomic E-state index is 0.934. The lowest BCUT2D eigenvalue weighted by molar-refractivity contribution is 0.464. The first-order valence-electron chi connectivity index (χ1n) is 9.05. The van der Waals surface area contributed by atoms with Crippen LogP contribution >= 0.6 is 11.8 Å². The maximum atomic E-state index is 4.55. The molecule has 0 unspecified atom stereocenters. The van der Waals surface area contributed by atoms with E-state index in [0.717, 1.165) is 23.8 Å². The van der Waals surface area contributed by atoms with Gasteiger partial charge in [-0.15, -0.1) is 11.8 Å². The summed E-state index contributed by atoms with van der Waals surface area (Å²) in [4.78, 5) is 9.00. The van der Waals surface area contributed by atoms with E-state index in [0.29, 0.717) is 0 Å². The summed E-state index contributed by atoms with van der Waals surface area (Å²) in [5, 5.41) is 2.27. The highest BCUT2D eigenvalue weighted by Gasteiger charge is 2.18. The molecule has 0 amide bonds. The van der Waals surface area contributed by atoms with E-state index >= 15 is 0 Å². The third kappa shape index (κ3) is 4.01. The van der Waals surface area contributed by atoms with E-state index in [4.69, 9.17) is 0 Å². The number of thioether (sulfide) groups is 1. The molecular weight excluding hydrogens is 350 g/mol. The van der Waals surface area contributed by atoms with Crippen molar-refractivity contribution < 1.29 is 0 Å². The molecule has 1 aliphatic heterocycles. The van der Waals surface area contributed by atoms with Crippen LogP contribution in [0, 0.1) is 0 Å². The minimum Gasteiger partial charge on any atom is -0.363 e. The molecule has 0 saturated heterocycles. The molecule has 3 aromatic rings. The molecule has 0 atom stereocenters. The Morgan fingerprint density at radius 2 is 1.74 bits per heavy atom. The fourth-order valence-corrected chi connectivity index (χ4v) is 4.14. The fraction of sp³-hybridized carbons (Fsp3) is 0.174. The van der Waals surface area contributed by atoms with Crippen LogP contribution in [0.25, 0.3) is 16.8 Å². The highest BCUT2D eigenvalue weighted by molar-refractivity contribution is 8.02. The third-order valence-corrected chi connectivity index (χ3v) is 5.53. The summed E-state index contributed by atoms with van der Waals surface area (Å²) in [5.41, 5.74) is 6.23.